The molecule has 2 aromatic rings. The van der Waals surface area contributed by atoms with E-state index in [0.717, 1.165) is 17.2 Å². The van der Waals surface area contributed by atoms with Crippen molar-refractivity contribution in [3.05, 3.63) is 64.7 Å². The topological polar surface area (TPSA) is 21.3 Å². The first-order valence-electron chi connectivity index (χ1n) is 6.86. The second-order valence-corrected chi connectivity index (χ2v) is 5.05. The number of benzene rings is 2. The molecule has 1 atom stereocenters. The molecule has 0 radical (unpaired) electrons. The summed E-state index contributed by atoms with van der Waals surface area (Å²) in [5.41, 5.74) is 2.25. The summed E-state index contributed by atoms with van der Waals surface area (Å²) in [6, 6.07) is 10.1. The summed E-state index contributed by atoms with van der Waals surface area (Å²) in [6.07, 6.45) is 0. The lowest BCUT2D eigenvalue weighted by Crippen LogP contribution is -2.14. The summed E-state index contributed by atoms with van der Waals surface area (Å²) in [5, 5.41) is 3.15. The molecule has 1 N–H and O–H groups in total. The molecule has 0 aliphatic heterocycles. The van der Waals surface area contributed by atoms with Crippen LogP contribution in [0.3, 0.4) is 0 Å². The van der Waals surface area contributed by atoms with Crippen molar-refractivity contribution in [3.8, 4) is 5.75 Å². The fourth-order valence-electron chi connectivity index (χ4n) is 2.10. The van der Waals surface area contributed by atoms with E-state index in [0.29, 0.717) is 5.75 Å². The molecule has 0 saturated carbocycles. The van der Waals surface area contributed by atoms with Crippen LogP contribution in [0.1, 0.15) is 29.7 Å². The van der Waals surface area contributed by atoms with Crippen LogP contribution in [0.4, 0.5) is 8.78 Å². The third-order valence-electron chi connectivity index (χ3n) is 3.48. The molecule has 1 unspecified atom stereocenters. The van der Waals surface area contributed by atoms with Crippen LogP contribution in [0.2, 0.25) is 0 Å². The van der Waals surface area contributed by atoms with E-state index in [1.54, 1.807) is 0 Å². The zero-order valence-corrected chi connectivity index (χ0v) is 12.4. The Morgan fingerprint density at radius 2 is 1.95 bits per heavy atom. The fraction of sp³-hybridized carbons (Fsp3) is 0.294. The van der Waals surface area contributed by atoms with Crippen LogP contribution in [0.25, 0.3) is 0 Å². The molecule has 0 saturated heterocycles. The first-order chi connectivity index (χ1) is 10.0. The predicted molar refractivity (Wildman–Crippen MR) is 79.3 cm³/mol. The Morgan fingerprint density at radius 1 is 1.19 bits per heavy atom. The van der Waals surface area contributed by atoms with Crippen molar-refractivity contribution in [3.63, 3.8) is 0 Å². The van der Waals surface area contributed by atoms with Gasteiger partial charge >= 0.3 is 0 Å². The average Bonchev–Trinajstić information content (AvgIpc) is 2.48. The molecule has 0 spiro atoms. The quantitative estimate of drug-likeness (QED) is 0.894. The Labute approximate surface area is 123 Å². The van der Waals surface area contributed by atoms with Crippen molar-refractivity contribution in [1.82, 2.24) is 5.32 Å². The summed E-state index contributed by atoms with van der Waals surface area (Å²) < 4.78 is 32.5. The molecule has 2 aromatic carbocycles. The van der Waals surface area contributed by atoms with Gasteiger partial charge in [-0.1, -0.05) is 24.3 Å². The zero-order valence-electron chi connectivity index (χ0n) is 12.4. The van der Waals surface area contributed by atoms with E-state index in [-0.39, 0.29) is 18.2 Å². The molecule has 0 aromatic heterocycles. The van der Waals surface area contributed by atoms with Gasteiger partial charge in [0.15, 0.2) is 11.6 Å². The molecule has 2 rings (SSSR count). The summed E-state index contributed by atoms with van der Waals surface area (Å²) in [6.45, 7) is 3.97. The summed E-state index contributed by atoms with van der Waals surface area (Å²) in [7, 11) is 1.86. The van der Waals surface area contributed by atoms with Crippen LogP contribution in [-0.4, -0.2) is 7.05 Å². The van der Waals surface area contributed by atoms with E-state index in [1.165, 1.54) is 12.1 Å². The fourth-order valence-corrected chi connectivity index (χ4v) is 2.10. The average molecular weight is 291 g/mol. The Kier molecular flexibility index (Phi) is 4.91. The Balaban J connectivity index is 2.23. The normalized spacial score (nSPS) is 12.2. The van der Waals surface area contributed by atoms with Gasteiger partial charge in [-0.2, -0.15) is 0 Å². The van der Waals surface area contributed by atoms with Gasteiger partial charge in [-0.15, -0.1) is 0 Å². The van der Waals surface area contributed by atoms with Gasteiger partial charge in [-0.05, 0) is 38.6 Å². The van der Waals surface area contributed by atoms with E-state index in [2.05, 4.69) is 5.32 Å². The van der Waals surface area contributed by atoms with Crippen LogP contribution in [0, 0.1) is 18.6 Å². The van der Waals surface area contributed by atoms with Crippen molar-refractivity contribution in [2.45, 2.75) is 26.5 Å². The zero-order chi connectivity index (χ0) is 15.4. The monoisotopic (exact) mass is 291 g/mol. The highest BCUT2D eigenvalue weighted by atomic mass is 19.2. The summed E-state index contributed by atoms with van der Waals surface area (Å²) in [4.78, 5) is 0. The van der Waals surface area contributed by atoms with Crippen molar-refractivity contribution >= 4 is 0 Å². The molecule has 0 bridgehead atoms. The van der Waals surface area contributed by atoms with Crippen molar-refractivity contribution in [2.24, 2.45) is 0 Å². The molecule has 0 fully saturated rings. The highest BCUT2D eigenvalue weighted by Gasteiger charge is 2.12. The maximum atomic E-state index is 13.6. The molecule has 112 valence electrons. The Bertz CT molecular complexity index is 628. The predicted octanol–water partition coefficient (Wildman–Crippen LogP) is 4.13. The minimum atomic E-state index is -0.857. The largest absolute Gasteiger partial charge is 0.488 e. The summed E-state index contributed by atoms with van der Waals surface area (Å²) >= 11 is 0. The molecule has 0 aliphatic rings. The van der Waals surface area contributed by atoms with Gasteiger partial charge in [0.05, 0.1) is 0 Å². The third-order valence-corrected chi connectivity index (χ3v) is 3.48. The van der Waals surface area contributed by atoms with E-state index >= 15 is 0 Å². The van der Waals surface area contributed by atoms with Crippen LogP contribution in [-0.2, 0) is 6.61 Å². The SMILES string of the molecule is CNC(C)c1ccc(C)cc1OCc1cccc(F)c1F. The maximum absolute atomic E-state index is 13.6. The number of halogens is 2. The van der Waals surface area contributed by atoms with E-state index in [9.17, 15) is 8.78 Å². The standard InChI is InChI=1S/C17H19F2NO/c1-11-7-8-14(12(2)20-3)16(9-11)21-10-13-5-4-6-15(18)17(13)19/h4-9,12,20H,10H2,1-3H3. The van der Waals surface area contributed by atoms with Crippen LogP contribution in [0.15, 0.2) is 36.4 Å². The molecule has 4 heteroatoms. The number of ether oxygens (including phenoxy) is 1. The van der Waals surface area contributed by atoms with Gasteiger partial charge < -0.3 is 10.1 Å². The smallest absolute Gasteiger partial charge is 0.165 e. The number of nitrogens with one attached hydrogen (secondary N) is 1. The van der Waals surface area contributed by atoms with Gasteiger partial charge in [0.1, 0.15) is 12.4 Å². The Hall–Kier alpha value is -1.94. The second kappa shape index (κ2) is 6.68. The second-order valence-electron chi connectivity index (χ2n) is 5.05. The van der Waals surface area contributed by atoms with Crippen LogP contribution < -0.4 is 10.1 Å². The van der Waals surface area contributed by atoms with Gasteiger partial charge in [-0.3, -0.25) is 0 Å². The first kappa shape index (κ1) is 15.4. The molecule has 0 amide bonds. The lowest BCUT2D eigenvalue weighted by Gasteiger charge is -2.17. The highest BCUT2D eigenvalue weighted by Crippen LogP contribution is 2.27. The minimum Gasteiger partial charge on any atom is -0.488 e. The third kappa shape index (κ3) is 3.58. The number of aryl methyl sites for hydroxylation is 1. The molecule has 0 heterocycles. The number of hydrogen-bond donors (Lipinski definition) is 1. The van der Waals surface area contributed by atoms with Crippen molar-refractivity contribution < 1.29 is 13.5 Å². The van der Waals surface area contributed by atoms with E-state index in [4.69, 9.17) is 4.74 Å². The highest BCUT2D eigenvalue weighted by molar-refractivity contribution is 5.39. The molecule has 0 aliphatic carbocycles. The lowest BCUT2D eigenvalue weighted by molar-refractivity contribution is 0.291. The summed E-state index contributed by atoms with van der Waals surface area (Å²) in [5.74, 6) is -1.03. The van der Waals surface area contributed by atoms with Gasteiger partial charge in [-0.25, -0.2) is 8.78 Å². The minimum absolute atomic E-state index is 0.00349. The van der Waals surface area contributed by atoms with Crippen molar-refractivity contribution in [2.75, 3.05) is 7.05 Å². The van der Waals surface area contributed by atoms with E-state index < -0.39 is 11.6 Å². The van der Waals surface area contributed by atoms with Crippen LogP contribution in [0.5, 0.6) is 5.75 Å². The van der Waals surface area contributed by atoms with Crippen molar-refractivity contribution in [1.29, 1.82) is 0 Å². The molecule has 2 nitrogen and oxygen atoms in total. The lowest BCUT2D eigenvalue weighted by atomic mass is 10.1. The van der Waals surface area contributed by atoms with Gasteiger partial charge in [0.2, 0.25) is 0 Å². The molecule has 21 heavy (non-hydrogen) atoms. The molecular formula is C17H19F2NO. The van der Waals surface area contributed by atoms with Gasteiger partial charge in [0.25, 0.3) is 0 Å². The van der Waals surface area contributed by atoms with E-state index in [1.807, 2.05) is 39.1 Å². The Morgan fingerprint density at radius 3 is 2.67 bits per heavy atom. The first-order valence-corrected chi connectivity index (χ1v) is 6.86. The number of rotatable bonds is 5. The van der Waals surface area contributed by atoms with Gasteiger partial charge in [0, 0.05) is 17.2 Å². The molecular weight excluding hydrogens is 272 g/mol. The number of hydrogen-bond acceptors (Lipinski definition) is 2. The maximum Gasteiger partial charge on any atom is 0.165 e. The van der Waals surface area contributed by atoms with Crippen LogP contribution >= 0.6 is 0 Å².